The van der Waals surface area contributed by atoms with Gasteiger partial charge in [0.1, 0.15) is 5.82 Å². The molecule has 118 valence electrons. The lowest BCUT2D eigenvalue weighted by atomic mass is 9.91. The van der Waals surface area contributed by atoms with Crippen molar-refractivity contribution in [3.63, 3.8) is 0 Å². The van der Waals surface area contributed by atoms with E-state index in [2.05, 4.69) is 24.1 Å². The molecule has 1 aromatic rings. The van der Waals surface area contributed by atoms with Gasteiger partial charge in [0.25, 0.3) is 0 Å². The van der Waals surface area contributed by atoms with E-state index in [-0.39, 0.29) is 11.9 Å². The van der Waals surface area contributed by atoms with Crippen molar-refractivity contribution in [1.82, 2.24) is 10.2 Å². The van der Waals surface area contributed by atoms with E-state index in [9.17, 15) is 4.39 Å². The maximum absolute atomic E-state index is 14.0. The van der Waals surface area contributed by atoms with Gasteiger partial charge in [-0.2, -0.15) is 0 Å². The largest absolute Gasteiger partial charge is 0.313 e. The van der Waals surface area contributed by atoms with Crippen molar-refractivity contribution in [3.05, 3.63) is 35.6 Å². The van der Waals surface area contributed by atoms with Gasteiger partial charge in [-0.05, 0) is 50.9 Å². The molecular formula is C18H29FN2. The number of nitrogens with one attached hydrogen (secondary N) is 1. The van der Waals surface area contributed by atoms with Gasteiger partial charge in [-0.1, -0.05) is 38.5 Å². The molecule has 2 nitrogen and oxygen atoms in total. The fourth-order valence-electron chi connectivity index (χ4n) is 3.56. The average molecular weight is 292 g/mol. The molecule has 0 saturated carbocycles. The van der Waals surface area contributed by atoms with E-state index in [1.54, 1.807) is 12.1 Å². The molecule has 1 aromatic carbocycles. The minimum Gasteiger partial charge on any atom is -0.313 e. The smallest absolute Gasteiger partial charge is 0.127 e. The first kappa shape index (κ1) is 16.4. The minimum atomic E-state index is -0.103. The Labute approximate surface area is 128 Å². The molecule has 0 bridgehead atoms. The van der Waals surface area contributed by atoms with Crippen LogP contribution in [-0.4, -0.2) is 31.6 Å². The predicted octanol–water partition coefficient (Wildman–Crippen LogP) is 3.84. The summed E-state index contributed by atoms with van der Waals surface area (Å²) in [6.07, 6.45) is 3.93. The maximum Gasteiger partial charge on any atom is 0.127 e. The van der Waals surface area contributed by atoms with Crippen LogP contribution in [0.25, 0.3) is 0 Å². The Morgan fingerprint density at radius 2 is 1.95 bits per heavy atom. The molecule has 1 heterocycles. The van der Waals surface area contributed by atoms with Crippen molar-refractivity contribution < 1.29 is 4.39 Å². The Balaban J connectivity index is 1.95. The van der Waals surface area contributed by atoms with Gasteiger partial charge in [0.15, 0.2) is 0 Å². The molecule has 1 aliphatic heterocycles. The fourth-order valence-corrected chi connectivity index (χ4v) is 3.56. The van der Waals surface area contributed by atoms with Crippen LogP contribution in [0.15, 0.2) is 24.3 Å². The van der Waals surface area contributed by atoms with Crippen molar-refractivity contribution in [1.29, 1.82) is 0 Å². The Morgan fingerprint density at radius 3 is 2.52 bits per heavy atom. The third-order valence-electron chi connectivity index (χ3n) is 4.95. The molecule has 0 aliphatic carbocycles. The molecule has 3 heteroatoms. The third-order valence-corrected chi connectivity index (χ3v) is 4.95. The number of hydrogen-bond donors (Lipinski definition) is 1. The normalized spacial score (nSPS) is 20.4. The highest BCUT2D eigenvalue weighted by Gasteiger charge is 2.24. The van der Waals surface area contributed by atoms with Crippen LogP contribution >= 0.6 is 0 Å². The Kier molecular flexibility index (Phi) is 6.19. The zero-order valence-electron chi connectivity index (χ0n) is 13.6. The predicted molar refractivity (Wildman–Crippen MR) is 86.8 cm³/mol. The number of hydrogen-bond acceptors (Lipinski definition) is 2. The van der Waals surface area contributed by atoms with Crippen LogP contribution in [0.4, 0.5) is 4.39 Å². The summed E-state index contributed by atoms with van der Waals surface area (Å²) in [5.74, 6) is 1.20. The van der Waals surface area contributed by atoms with Gasteiger partial charge in [-0.25, -0.2) is 4.39 Å². The summed E-state index contributed by atoms with van der Waals surface area (Å²) in [5.41, 5.74) is 0.788. The van der Waals surface area contributed by atoms with Gasteiger partial charge < -0.3 is 10.2 Å². The minimum absolute atomic E-state index is 0.0788. The molecule has 1 fully saturated rings. The molecule has 1 saturated heterocycles. The molecule has 0 amide bonds. The quantitative estimate of drug-likeness (QED) is 0.857. The lowest BCUT2D eigenvalue weighted by Crippen LogP contribution is -2.39. The highest BCUT2D eigenvalue weighted by Crippen LogP contribution is 2.27. The molecule has 21 heavy (non-hydrogen) atoms. The lowest BCUT2D eigenvalue weighted by Gasteiger charge is -2.35. The van der Waals surface area contributed by atoms with Crippen LogP contribution in [0, 0.1) is 17.7 Å². The van der Waals surface area contributed by atoms with E-state index in [4.69, 9.17) is 0 Å². The summed E-state index contributed by atoms with van der Waals surface area (Å²) in [4.78, 5) is 2.54. The second-order valence-corrected chi connectivity index (χ2v) is 6.42. The van der Waals surface area contributed by atoms with Crippen LogP contribution < -0.4 is 5.32 Å². The van der Waals surface area contributed by atoms with Crippen LogP contribution in [0.2, 0.25) is 0 Å². The molecule has 1 aliphatic rings. The second-order valence-electron chi connectivity index (χ2n) is 6.42. The molecule has 2 atom stereocenters. The Hall–Kier alpha value is -0.930. The Bertz CT molecular complexity index is 427. The zero-order chi connectivity index (χ0) is 15.2. The molecule has 2 unspecified atom stereocenters. The van der Waals surface area contributed by atoms with Crippen LogP contribution in [0.1, 0.15) is 44.7 Å². The summed E-state index contributed by atoms with van der Waals surface area (Å²) >= 11 is 0. The highest BCUT2D eigenvalue weighted by molar-refractivity contribution is 5.21. The summed E-state index contributed by atoms with van der Waals surface area (Å²) in [6.45, 7) is 7.93. The standard InChI is InChI=1S/C18H29FN2/c1-4-15-9-11-21(12-10-15)13-14(2)18(20-3)16-7-5-6-8-17(16)19/h5-8,14-15,18,20H,4,9-13H2,1-3H3. The van der Waals surface area contributed by atoms with Gasteiger partial charge in [-0.3, -0.25) is 0 Å². The van der Waals surface area contributed by atoms with E-state index < -0.39 is 0 Å². The van der Waals surface area contributed by atoms with E-state index in [1.807, 2.05) is 19.2 Å². The van der Waals surface area contributed by atoms with E-state index >= 15 is 0 Å². The van der Waals surface area contributed by atoms with Gasteiger partial charge in [0.05, 0.1) is 0 Å². The van der Waals surface area contributed by atoms with E-state index in [1.165, 1.54) is 32.4 Å². The number of rotatable bonds is 6. The van der Waals surface area contributed by atoms with Crippen molar-refractivity contribution in [2.24, 2.45) is 11.8 Å². The second kappa shape index (κ2) is 7.90. The summed E-state index contributed by atoms with van der Waals surface area (Å²) < 4.78 is 14.0. The highest BCUT2D eigenvalue weighted by atomic mass is 19.1. The first-order valence-electron chi connectivity index (χ1n) is 8.29. The van der Waals surface area contributed by atoms with Gasteiger partial charge in [0.2, 0.25) is 0 Å². The van der Waals surface area contributed by atoms with Crippen molar-refractivity contribution in [2.75, 3.05) is 26.7 Å². The summed E-state index contributed by atoms with van der Waals surface area (Å²) in [6, 6.07) is 7.21. The van der Waals surface area contributed by atoms with Crippen molar-refractivity contribution >= 4 is 0 Å². The maximum atomic E-state index is 14.0. The molecule has 0 radical (unpaired) electrons. The molecule has 0 spiro atoms. The van der Waals surface area contributed by atoms with Crippen LogP contribution in [0.3, 0.4) is 0 Å². The number of piperidine rings is 1. The van der Waals surface area contributed by atoms with E-state index in [0.29, 0.717) is 5.92 Å². The van der Waals surface area contributed by atoms with Crippen LogP contribution in [0.5, 0.6) is 0 Å². The molecular weight excluding hydrogens is 263 g/mol. The van der Waals surface area contributed by atoms with Gasteiger partial charge >= 0.3 is 0 Å². The number of nitrogens with zero attached hydrogens (tertiary/aromatic N) is 1. The molecule has 1 N–H and O–H groups in total. The monoisotopic (exact) mass is 292 g/mol. The summed E-state index contributed by atoms with van der Waals surface area (Å²) in [7, 11) is 1.93. The Morgan fingerprint density at radius 1 is 1.29 bits per heavy atom. The SMILES string of the molecule is CCC1CCN(CC(C)C(NC)c2ccccc2F)CC1. The first-order chi connectivity index (χ1) is 10.2. The van der Waals surface area contributed by atoms with Gasteiger partial charge in [-0.15, -0.1) is 0 Å². The van der Waals surface area contributed by atoms with E-state index in [0.717, 1.165) is 18.0 Å². The zero-order valence-corrected chi connectivity index (χ0v) is 13.6. The first-order valence-corrected chi connectivity index (χ1v) is 8.29. The third kappa shape index (κ3) is 4.27. The number of likely N-dealkylation sites (tertiary alicyclic amines) is 1. The molecule has 0 aromatic heterocycles. The number of halogens is 1. The van der Waals surface area contributed by atoms with Crippen molar-refractivity contribution in [2.45, 2.75) is 39.2 Å². The summed E-state index contributed by atoms with van der Waals surface area (Å²) in [5, 5.41) is 3.30. The average Bonchev–Trinajstić information content (AvgIpc) is 2.50. The fraction of sp³-hybridized carbons (Fsp3) is 0.667. The van der Waals surface area contributed by atoms with Crippen molar-refractivity contribution in [3.8, 4) is 0 Å². The van der Waals surface area contributed by atoms with Crippen LogP contribution in [-0.2, 0) is 0 Å². The lowest BCUT2D eigenvalue weighted by molar-refractivity contribution is 0.150. The topological polar surface area (TPSA) is 15.3 Å². The number of benzene rings is 1. The molecule has 2 rings (SSSR count). The van der Waals surface area contributed by atoms with Gasteiger partial charge in [0, 0.05) is 18.2 Å².